The topological polar surface area (TPSA) is 63.7 Å². The number of carbonyl (C=O) groups excluding carboxylic acids is 1. The predicted molar refractivity (Wildman–Crippen MR) is 121 cm³/mol. The number of sulfone groups is 1. The Morgan fingerprint density at radius 2 is 1.67 bits per heavy atom. The Morgan fingerprint density at radius 3 is 2.30 bits per heavy atom. The third-order valence-corrected chi connectivity index (χ3v) is 9.21. The monoisotopic (exact) mass is 495 g/mol. The van der Waals surface area contributed by atoms with Crippen LogP contribution in [0.2, 0.25) is 5.02 Å². The van der Waals surface area contributed by atoms with E-state index in [4.69, 9.17) is 16.3 Å². The molecule has 0 spiro atoms. The molecule has 0 unspecified atom stereocenters. The van der Waals surface area contributed by atoms with E-state index >= 15 is 0 Å². The molecule has 5 nitrogen and oxygen atoms in total. The van der Waals surface area contributed by atoms with Gasteiger partial charge in [0.2, 0.25) is 5.91 Å². The number of halogens is 3. The summed E-state index contributed by atoms with van der Waals surface area (Å²) in [7, 11) is -4.11. The molecule has 2 aromatic rings. The average Bonchev–Trinajstić information content (AvgIpc) is 2.82. The van der Waals surface area contributed by atoms with Crippen LogP contribution in [0, 0.1) is 11.6 Å². The summed E-state index contributed by atoms with van der Waals surface area (Å²) in [6.07, 6.45) is 2.16. The van der Waals surface area contributed by atoms with Crippen molar-refractivity contribution in [1.82, 2.24) is 4.90 Å². The molecule has 2 aromatic carbocycles. The maximum Gasteiger partial charge on any atom is 0.246 e. The van der Waals surface area contributed by atoms with Gasteiger partial charge in [-0.1, -0.05) is 17.2 Å². The first-order chi connectivity index (χ1) is 15.7. The average molecular weight is 496 g/mol. The van der Waals surface area contributed by atoms with Crippen LogP contribution in [0.1, 0.15) is 31.2 Å². The van der Waals surface area contributed by atoms with Gasteiger partial charge in [-0.05, 0) is 68.1 Å². The van der Waals surface area contributed by atoms with E-state index in [1.807, 2.05) is 0 Å². The van der Waals surface area contributed by atoms with Gasteiger partial charge in [-0.25, -0.2) is 17.2 Å². The second kappa shape index (κ2) is 9.52. The first-order valence-electron chi connectivity index (χ1n) is 10.7. The Labute approximate surface area is 196 Å². The lowest BCUT2D eigenvalue weighted by atomic mass is 9.80. The fourth-order valence-electron chi connectivity index (χ4n) is 4.54. The van der Waals surface area contributed by atoms with Crippen molar-refractivity contribution in [3.63, 3.8) is 0 Å². The third kappa shape index (κ3) is 4.69. The van der Waals surface area contributed by atoms with Crippen molar-refractivity contribution in [2.45, 2.75) is 35.3 Å². The maximum absolute atomic E-state index is 14.9. The molecule has 1 saturated carbocycles. The van der Waals surface area contributed by atoms with Gasteiger partial charge in [0.15, 0.2) is 9.84 Å². The van der Waals surface area contributed by atoms with E-state index in [-0.39, 0.29) is 42.0 Å². The van der Waals surface area contributed by atoms with E-state index in [1.165, 1.54) is 24.3 Å². The smallest absolute Gasteiger partial charge is 0.246 e. The molecule has 176 valence electrons. The summed E-state index contributed by atoms with van der Waals surface area (Å²) >= 11 is 5.92. The Kier molecular flexibility index (Phi) is 6.88. The van der Waals surface area contributed by atoms with Gasteiger partial charge >= 0.3 is 0 Å². The summed E-state index contributed by atoms with van der Waals surface area (Å²) < 4.78 is 60.3. The second-order valence-corrected chi connectivity index (χ2v) is 11.0. The Balaban J connectivity index is 1.70. The Hall–Kier alpha value is -2.29. The Bertz CT molecular complexity index is 1170. The number of hydrogen-bond acceptors (Lipinski definition) is 4. The highest BCUT2D eigenvalue weighted by Crippen LogP contribution is 2.49. The minimum absolute atomic E-state index is 0.00705. The lowest BCUT2D eigenvalue weighted by Crippen LogP contribution is -2.41. The molecular formula is C24H24ClF2NO4S. The largest absolute Gasteiger partial charge is 0.378 e. The number of carbonyl (C=O) groups is 1. The van der Waals surface area contributed by atoms with Crippen molar-refractivity contribution in [3.05, 3.63) is 76.3 Å². The molecule has 2 fully saturated rings. The molecule has 0 bridgehead atoms. The molecule has 1 heterocycles. The number of allylic oxidation sites excluding steroid dienone is 1. The first-order valence-corrected chi connectivity index (χ1v) is 12.6. The van der Waals surface area contributed by atoms with Gasteiger partial charge in [-0.15, -0.1) is 0 Å². The number of amides is 1. The summed E-state index contributed by atoms with van der Waals surface area (Å²) in [4.78, 5) is 14.3. The normalized spacial score (nSPS) is 21.7. The van der Waals surface area contributed by atoms with E-state index in [9.17, 15) is 22.0 Å². The Morgan fingerprint density at radius 1 is 1.03 bits per heavy atom. The molecule has 1 saturated heterocycles. The lowest BCUT2D eigenvalue weighted by Gasteiger charge is -2.38. The summed E-state index contributed by atoms with van der Waals surface area (Å²) in [5, 5.41) is 0.371. The van der Waals surface area contributed by atoms with Crippen LogP contribution in [-0.4, -0.2) is 45.5 Å². The molecule has 0 atom stereocenters. The molecule has 4 rings (SSSR count). The van der Waals surface area contributed by atoms with Gasteiger partial charge in [-0.3, -0.25) is 4.79 Å². The van der Waals surface area contributed by atoms with E-state index in [2.05, 4.69) is 0 Å². The van der Waals surface area contributed by atoms with Crippen molar-refractivity contribution >= 4 is 27.3 Å². The zero-order valence-electron chi connectivity index (χ0n) is 17.9. The van der Waals surface area contributed by atoms with Crippen LogP contribution >= 0.6 is 11.6 Å². The molecule has 0 aromatic heterocycles. The number of benzene rings is 2. The zero-order chi connectivity index (χ0) is 23.6. The van der Waals surface area contributed by atoms with Crippen LogP contribution in [0.4, 0.5) is 8.78 Å². The van der Waals surface area contributed by atoms with Gasteiger partial charge < -0.3 is 9.64 Å². The molecule has 1 amide bonds. The number of nitrogens with zero attached hydrogens (tertiary/aromatic N) is 1. The molecule has 33 heavy (non-hydrogen) atoms. The minimum atomic E-state index is -4.11. The molecule has 0 radical (unpaired) electrons. The standard InChI is InChI=1S/C24H24ClF2NO4S/c25-18-1-4-20(5-2-18)33(30,31)24(21-16-19(26)3-6-22(21)27)9-7-17(8-10-24)15-23(29)28-11-13-32-14-12-28/h1-6,15-16H,7-14H2. The number of ether oxygens (including phenoxy) is 1. The summed E-state index contributed by atoms with van der Waals surface area (Å²) in [6.45, 7) is 1.98. The van der Waals surface area contributed by atoms with Gasteiger partial charge in [0.1, 0.15) is 16.4 Å². The molecule has 0 N–H and O–H groups in total. The minimum Gasteiger partial charge on any atom is -0.378 e. The van der Waals surface area contributed by atoms with Gasteiger partial charge in [-0.2, -0.15) is 0 Å². The molecule has 2 aliphatic rings. The quantitative estimate of drug-likeness (QED) is 0.579. The van der Waals surface area contributed by atoms with Crippen molar-refractivity contribution in [2.75, 3.05) is 26.3 Å². The van der Waals surface area contributed by atoms with E-state index in [1.54, 1.807) is 11.0 Å². The van der Waals surface area contributed by atoms with Gasteiger partial charge in [0.25, 0.3) is 0 Å². The van der Waals surface area contributed by atoms with E-state index < -0.39 is 26.2 Å². The fraction of sp³-hybridized carbons (Fsp3) is 0.375. The highest BCUT2D eigenvalue weighted by molar-refractivity contribution is 7.92. The lowest BCUT2D eigenvalue weighted by molar-refractivity contribution is -0.130. The van der Waals surface area contributed by atoms with E-state index in [0.29, 0.717) is 31.3 Å². The third-order valence-electron chi connectivity index (χ3n) is 6.41. The summed E-state index contributed by atoms with van der Waals surface area (Å²) in [5.74, 6) is -1.62. The zero-order valence-corrected chi connectivity index (χ0v) is 19.5. The second-order valence-electron chi connectivity index (χ2n) is 8.32. The predicted octanol–water partition coefficient (Wildman–Crippen LogP) is 4.65. The van der Waals surface area contributed by atoms with E-state index in [0.717, 1.165) is 23.8 Å². The van der Waals surface area contributed by atoms with Crippen LogP contribution in [0.5, 0.6) is 0 Å². The fourth-order valence-corrected chi connectivity index (χ4v) is 6.80. The van der Waals surface area contributed by atoms with Crippen LogP contribution in [0.15, 0.2) is 59.0 Å². The first kappa shape index (κ1) is 23.9. The van der Waals surface area contributed by atoms with Crippen LogP contribution in [0.3, 0.4) is 0 Å². The van der Waals surface area contributed by atoms with Crippen LogP contribution in [0.25, 0.3) is 0 Å². The van der Waals surface area contributed by atoms with Crippen molar-refractivity contribution in [2.24, 2.45) is 0 Å². The van der Waals surface area contributed by atoms with Crippen molar-refractivity contribution in [3.8, 4) is 0 Å². The molecule has 9 heteroatoms. The van der Waals surface area contributed by atoms with Crippen LogP contribution < -0.4 is 0 Å². The summed E-state index contributed by atoms with van der Waals surface area (Å²) in [6, 6.07) is 8.57. The molecular weight excluding hydrogens is 472 g/mol. The summed E-state index contributed by atoms with van der Waals surface area (Å²) in [5.41, 5.74) is 0.612. The number of morpholine rings is 1. The highest BCUT2D eigenvalue weighted by Gasteiger charge is 2.49. The van der Waals surface area contributed by atoms with Crippen molar-refractivity contribution in [1.29, 1.82) is 0 Å². The molecule has 1 aliphatic heterocycles. The van der Waals surface area contributed by atoms with Crippen molar-refractivity contribution < 1.29 is 26.7 Å². The van der Waals surface area contributed by atoms with Gasteiger partial charge in [0.05, 0.1) is 18.1 Å². The number of rotatable bonds is 4. The van der Waals surface area contributed by atoms with Gasteiger partial charge in [0, 0.05) is 29.8 Å². The SMILES string of the molecule is O=C(C=C1CCC(c2cc(F)ccc2F)(S(=O)(=O)c2ccc(Cl)cc2)CC1)N1CCOCC1. The number of hydrogen-bond donors (Lipinski definition) is 0. The maximum atomic E-state index is 14.9. The van der Waals surface area contributed by atoms with Crippen LogP contribution in [-0.2, 0) is 24.1 Å². The molecule has 1 aliphatic carbocycles. The highest BCUT2D eigenvalue weighted by atomic mass is 35.5.